The molecule has 7 heteroatoms. The van der Waals surface area contributed by atoms with Crippen LogP contribution < -0.4 is 4.74 Å². The number of benzene rings is 2. The fraction of sp³-hybridized carbons (Fsp3) is 0.0714. The van der Waals surface area contributed by atoms with Gasteiger partial charge in [0, 0.05) is 12.3 Å². The van der Waals surface area contributed by atoms with Gasteiger partial charge in [0.1, 0.15) is 17.6 Å². The summed E-state index contributed by atoms with van der Waals surface area (Å²) in [7, 11) is -3.38. The first-order valence-electron chi connectivity index (χ1n) is 5.68. The molecule has 108 valence electrons. The van der Waals surface area contributed by atoms with Crippen LogP contribution in [-0.4, -0.2) is 14.7 Å². The number of hydrogen-bond acceptors (Lipinski definition) is 4. The molecule has 4 nitrogen and oxygen atoms in total. The van der Waals surface area contributed by atoms with E-state index in [0.29, 0.717) is 15.8 Å². The maximum atomic E-state index is 11.5. The Morgan fingerprint density at radius 3 is 2.38 bits per heavy atom. The molecule has 0 aliphatic rings. The van der Waals surface area contributed by atoms with E-state index >= 15 is 0 Å². The zero-order valence-corrected chi connectivity index (χ0v) is 13.1. The van der Waals surface area contributed by atoms with Crippen LogP contribution in [0.2, 0.25) is 10.0 Å². The molecule has 0 heterocycles. The Kier molecular flexibility index (Phi) is 4.43. The monoisotopic (exact) mass is 341 g/mol. The molecule has 2 rings (SSSR count). The summed E-state index contributed by atoms with van der Waals surface area (Å²) in [6, 6.07) is 10.7. The molecular weight excluding hydrogens is 333 g/mol. The maximum absolute atomic E-state index is 11.5. The first-order chi connectivity index (χ1) is 9.81. The number of ether oxygens (including phenoxy) is 1. The molecule has 0 N–H and O–H groups in total. The number of rotatable bonds is 3. The Morgan fingerprint density at radius 1 is 1.10 bits per heavy atom. The lowest BCUT2D eigenvalue weighted by molar-refractivity contribution is 0.480. The Labute approximate surface area is 132 Å². The van der Waals surface area contributed by atoms with Crippen LogP contribution in [0, 0.1) is 11.3 Å². The molecule has 2 aromatic rings. The lowest BCUT2D eigenvalue weighted by Crippen LogP contribution is -1.98. The van der Waals surface area contributed by atoms with E-state index in [1.165, 1.54) is 24.3 Å². The van der Waals surface area contributed by atoms with E-state index in [-0.39, 0.29) is 16.2 Å². The van der Waals surface area contributed by atoms with Gasteiger partial charge in [-0.25, -0.2) is 8.42 Å². The first-order valence-corrected chi connectivity index (χ1v) is 8.33. The number of nitriles is 1. The quantitative estimate of drug-likeness (QED) is 0.844. The molecule has 0 fully saturated rings. The van der Waals surface area contributed by atoms with Crippen molar-refractivity contribution in [3.63, 3.8) is 0 Å². The second-order valence-electron chi connectivity index (χ2n) is 4.22. The summed E-state index contributed by atoms with van der Waals surface area (Å²) in [5.41, 5.74) is 0.115. The van der Waals surface area contributed by atoms with Gasteiger partial charge in [0.05, 0.1) is 20.5 Å². The minimum absolute atomic E-state index is 0.0561. The van der Waals surface area contributed by atoms with Gasteiger partial charge in [0.25, 0.3) is 0 Å². The molecule has 0 aromatic heterocycles. The van der Waals surface area contributed by atoms with E-state index in [1.54, 1.807) is 12.1 Å². The summed E-state index contributed by atoms with van der Waals surface area (Å²) >= 11 is 11.7. The van der Waals surface area contributed by atoms with Gasteiger partial charge in [-0.05, 0) is 30.3 Å². The molecule has 0 atom stereocenters. The molecule has 0 saturated carbocycles. The first kappa shape index (κ1) is 15.6. The highest BCUT2D eigenvalue weighted by Gasteiger charge is 2.12. The third-order valence-electron chi connectivity index (χ3n) is 2.62. The summed E-state index contributed by atoms with van der Waals surface area (Å²) in [5, 5.41) is 9.82. The summed E-state index contributed by atoms with van der Waals surface area (Å²) < 4.78 is 28.5. The Morgan fingerprint density at radius 2 is 1.81 bits per heavy atom. The van der Waals surface area contributed by atoms with Crippen molar-refractivity contribution in [1.82, 2.24) is 0 Å². The molecule has 0 amide bonds. The normalized spacial score (nSPS) is 11.0. The van der Waals surface area contributed by atoms with E-state index in [1.807, 2.05) is 6.07 Å². The number of halogens is 2. The molecule has 0 saturated heterocycles. The van der Waals surface area contributed by atoms with Crippen molar-refractivity contribution in [1.29, 1.82) is 5.26 Å². The van der Waals surface area contributed by atoms with Gasteiger partial charge in [-0.3, -0.25) is 0 Å². The van der Waals surface area contributed by atoms with Crippen LogP contribution in [0.3, 0.4) is 0 Å². The van der Waals surface area contributed by atoms with Crippen LogP contribution in [0.4, 0.5) is 0 Å². The highest BCUT2D eigenvalue weighted by Crippen LogP contribution is 2.31. The average molecular weight is 342 g/mol. The Hall–Kier alpha value is -1.74. The summed E-state index contributed by atoms with van der Waals surface area (Å²) in [4.78, 5) is 0.0561. The molecule has 0 spiro atoms. The zero-order chi connectivity index (χ0) is 15.6. The number of sulfone groups is 1. The van der Waals surface area contributed by atoms with E-state index in [9.17, 15) is 8.42 Å². The topological polar surface area (TPSA) is 67.2 Å². The van der Waals surface area contributed by atoms with Crippen LogP contribution in [0.1, 0.15) is 5.56 Å². The molecule has 0 radical (unpaired) electrons. The van der Waals surface area contributed by atoms with Crippen LogP contribution in [0.5, 0.6) is 11.5 Å². The van der Waals surface area contributed by atoms with Gasteiger partial charge in [-0.15, -0.1) is 0 Å². The molecule has 0 unspecified atom stereocenters. The van der Waals surface area contributed by atoms with Crippen molar-refractivity contribution >= 4 is 33.0 Å². The van der Waals surface area contributed by atoms with Crippen molar-refractivity contribution in [3.05, 3.63) is 52.0 Å². The van der Waals surface area contributed by atoms with Crippen molar-refractivity contribution in [2.24, 2.45) is 0 Å². The predicted octanol–water partition coefficient (Wildman–Crippen LogP) is 4.06. The fourth-order valence-corrected chi connectivity index (χ4v) is 2.52. The van der Waals surface area contributed by atoms with Crippen molar-refractivity contribution < 1.29 is 13.2 Å². The number of hydrogen-bond donors (Lipinski definition) is 0. The molecule has 0 bridgehead atoms. The van der Waals surface area contributed by atoms with E-state index in [0.717, 1.165) is 6.26 Å². The number of nitrogens with zero attached hydrogens (tertiary/aromatic N) is 1. The third kappa shape index (κ3) is 3.67. The molecule has 0 aliphatic carbocycles. The highest BCUT2D eigenvalue weighted by atomic mass is 35.5. The SMILES string of the molecule is CS(=O)(=O)c1ccc(Oc2ccc(Cl)c(Cl)c2)c(C#N)c1. The highest BCUT2D eigenvalue weighted by molar-refractivity contribution is 7.90. The van der Waals surface area contributed by atoms with Gasteiger partial charge < -0.3 is 4.74 Å². The minimum Gasteiger partial charge on any atom is -0.456 e. The molecule has 21 heavy (non-hydrogen) atoms. The van der Waals surface area contributed by atoms with Gasteiger partial charge >= 0.3 is 0 Å². The molecule has 0 aliphatic heterocycles. The second kappa shape index (κ2) is 5.94. The third-order valence-corrected chi connectivity index (χ3v) is 4.47. The standard InChI is InChI=1S/C14H9Cl2NO3S/c1-21(18,19)11-3-5-14(9(6-11)8-17)20-10-2-4-12(15)13(16)7-10/h2-7H,1H3. The van der Waals surface area contributed by atoms with Gasteiger partial charge in [0.2, 0.25) is 0 Å². The van der Waals surface area contributed by atoms with E-state index < -0.39 is 9.84 Å². The van der Waals surface area contributed by atoms with Gasteiger partial charge in [-0.1, -0.05) is 23.2 Å². The minimum atomic E-state index is -3.38. The zero-order valence-electron chi connectivity index (χ0n) is 10.8. The largest absolute Gasteiger partial charge is 0.456 e. The van der Waals surface area contributed by atoms with E-state index in [2.05, 4.69) is 0 Å². The van der Waals surface area contributed by atoms with Crippen molar-refractivity contribution in [2.75, 3.05) is 6.26 Å². The molecular formula is C14H9Cl2NO3S. The summed E-state index contributed by atoms with van der Waals surface area (Å²) in [6.45, 7) is 0. The summed E-state index contributed by atoms with van der Waals surface area (Å²) in [5.74, 6) is 0.635. The van der Waals surface area contributed by atoms with Gasteiger partial charge in [0.15, 0.2) is 9.84 Å². The van der Waals surface area contributed by atoms with Crippen LogP contribution in [-0.2, 0) is 9.84 Å². The summed E-state index contributed by atoms with van der Waals surface area (Å²) in [6.07, 6.45) is 1.07. The Balaban J connectivity index is 2.41. The van der Waals surface area contributed by atoms with Gasteiger partial charge in [-0.2, -0.15) is 5.26 Å². The molecule has 2 aromatic carbocycles. The van der Waals surface area contributed by atoms with Crippen LogP contribution in [0.25, 0.3) is 0 Å². The van der Waals surface area contributed by atoms with E-state index in [4.69, 9.17) is 33.2 Å². The van der Waals surface area contributed by atoms with Crippen LogP contribution in [0.15, 0.2) is 41.3 Å². The fourth-order valence-electron chi connectivity index (χ4n) is 1.58. The van der Waals surface area contributed by atoms with Crippen LogP contribution >= 0.6 is 23.2 Å². The average Bonchev–Trinajstić information content (AvgIpc) is 2.42. The smallest absolute Gasteiger partial charge is 0.175 e. The lowest BCUT2D eigenvalue weighted by Gasteiger charge is -2.09. The Bertz CT molecular complexity index is 842. The second-order valence-corrected chi connectivity index (χ2v) is 7.05. The van der Waals surface area contributed by atoms with Crippen molar-refractivity contribution in [2.45, 2.75) is 4.90 Å². The van der Waals surface area contributed by atoms with Crippen molar-refractivity contribution in [3.8, 4) is 17.6 Å². The maximum Gasteiger partial charge on any atom is 0.175 e. The predicted molar refractivity (Wildman–Crippen MR) is 80.8 cm³/mol. The lowest BCUT2D eigenvalue weighted by atomic mass is 10.2.